The summed E-state index contributed by atoms with van der Waals surface area (Å²) in [4.78, 5) is 22.3. The summed E-state index contributed by atoms with van der Waals surface area (Å²) < 4.78 is 4.37. The Morgan fingerprint density at radius 2 is 1.93 bits per heavy atom. The first-order valence-electron chi connectivity index (χ1n) is 4.18. The summed E-state index contributed by atoms with van der Waals surface area (Å²) in [7, 11) is 1.24. The molecule has 0 aromatic heterocycles. The Morgan fingerprint density at radius 1 is 1.29 bits per heavy atom. The van der Waals surface area contributed by atoms with Crippen LogP contribution in [0.3, 0.4) is 0 Å². The number of hydrogen-bond acceptors (Lipinski definition) is 3. The second-order valence-corrected chi connectivity index (χ2v) is 2.85. The van der Waals surface area contributed by atoms with E-state index in [1.807, 2.05) is 19.1 Å². The van der Waals surface area contributed by atoms with Gasteiger partial charge in [-0.2, -0.15) is 0 Å². The van der Waals surface area contributed by atoms with Gasteiger partial charge in [0.1, 0.15) is 6.42 Å². The molecule has 14 heavy (non-hydrogen) atoms. The second kappa shape index (κ2) is 4.56. The molecule has 0 bridgehead atoms. The highest BCUT2D eigenvalue weighted by molar-refractivity contribution is 6.16. The molecule has 1 aromatic carbocycles. The van der Waals surface area contributed by atoms with E-state index in [1.165, 1.54) is 7.11 Å². The number of carbonyl (C=O) groups excluding carboxylic acids is 2. The lowest BCUT2D eigenvalue weighted by Crippen LogP contribution is -2.11. The van der Waals surface area contributed by atoms with E-state index in [4.69, 9.17) is 0 Å². The molecule has 0 N–H and O–H groups in total. The third kappa shape index (κ3) is 2.42. The Labute approximate surface area is 82.7 Å². The van der Waals surface area contributed by atoms with E-state index in [-0.39, 0.29) is 5.78 Å². The number of rotatable bonds is 3. The third-order valence-corrected chi connectivity index (χ3v) is 1.86. The highest BCUT2D eigenvalue weighted by atomic mass is 16.5. The second-order valence-electron chi connectivity index (χ2n) is 2.85. The monoisotopic (exact) mass is 191 g/mol. The summed E-state index contributed by atoms with van der Waals surface area (Å²) in [6.07, 6.45) is 0.947. The number of hydrogen-bond donors (Lipinski definition) is 0. The fourth-order valence-electron chi connectivity index (χ4n) is 1.09. The average molecular weight is 191 g/mol. The smallest absolute Gasteiger partial charge is 0.317 e. The number of carbonyl (C=O) groups is 2. The molecule has 0 aliphatic rings. The SMILES string of the molecule is COC(=O)[CH]C(=O)c1ccccc1C. The zero-order chi connectivity index (χ0) is 10.6. The number of benzene rings is 1. The number of methoxy groups -OCH3 is 1. The van der Waals surface area contributed by atoms with Gasteiger partial charge in [0.05, 0.1) is 7.11 Å². The maximum atomic E-state index is 11.5. The van der Waals surface area contributed by atoms with Gasteiger partial charge in [-0.15, -0.1) is 0 Å². The molecule has 0 fully saturated rings. The van der Waals surface area contributed by atoms with Gasteiger partial charge >= 0.3 is 5.97 Å². The van der Waals surface area contributed by atoms with Crippen LogP contribution in [-0.4, -0.2) is 18.9 Å². The van der Waals surface area contributed by atoms with E-state index >= 15 is 0 Å². The molecule has 0 saturated carbocycles. The van der Waals surface area contributed by atoms with Crippen LogP contribution in [0.1, 0.15) is 15.9 Å². The minimum Gasteiger partial charge on any atom is -0.468 e. The molecule has 1 aromatic rings. The predicted molar refractivity (Wildman–Crippen MR) is 51.8 cm³/mol. The van der Waals surface area contributed by atoms with E-state index in [0.29, 0.717) is 5.56 Å². The standard InChI is InChI=1S/C11H11O3/c1-8-5-3-4-6-9(8)10(12)7-11(13)14-2/h3-7H,1-2H3. The Morgan fingerprint density at radius 3 is 2.50 bits per heavy atom. The van der Waals surface area contributed by atoms with E-state index < -0.39 is 5.97 Å². The van der Waals surface area contributed by atoms with Crippen LogP contribution in [0.15, 0.2) is 24.3 Å². The van der Waals surface area contributed by atoms with Crippen molar-refractivity contribution in [2.24, 2.45) is 0 Å². The highest BCUT2D eigenvalue weighted by Gasteiger charge is 2.13. The van der Waals surface area contributed by atoms with Crippen molar-refractivity contribution >= 4 is 11.8 Å². The Kier molecular flexibility index (Phi) is 3.40. The van der Waals surface area contributed by atoms with Crippen LogP contribution in [0.4, 0.5) is 0 Å². The van der Waals surface area contributed by atoms with Crippen LogP contribution in [0.2, 0.25) is 0 Å². The third-order valence-electron chi connectivity index (χ3n) is 1.86. The average Bonchev–Trinajstić information content (AvgIpc) is 2.18. The summed E-state index contributed by atoms with van der Waals surface area (Å²) in [6, 6.07) is 7.09. The minimum absolute atomic E-state index is 0.324. The van der Waals surface area contributed by atoms with Crippen molar-refractivity contribution in [3.63, 3.8) is 0 Å². The Balaban J connectivity index is 2.80. The molecule has 0 atom stereocenters. The molecule has 0 aliphatic carbocycles. The minimum atomic E-state index is -0.627. The topological polar surface area (TPSA) is 43.4 Å². The van der Waals surface area contributed by atoms with Crippen LogP contribution in [0, 0.1) is 13.3 Å². The largest absolute Gasteiger partial charge is 0.468 e. The van der Waals surface area contributed by atoms with Crippen LogP contribution < -0.4 is 0 Å². The van der Waals surface area contributed by atoms with Gasteiger partial charge in [-0.3, -0.25) is 9.59 Å². The molecule has 0 unspecified atom stereocenters. The van der Waals surface area contributed by atoms with Crippen molar-refractivity contribution < 1.29 is 14.3 Å². The fraction of sp³-hybridized carbons (Fsp3) is 0.182. The van der Waals surface area contributed by atoms with Gasteiger partial charge in [0.25, 0.3) is 0 Å². The van der Waals surface area contributed by atoms with Crippen LogP contribution in [-0.2, 0) is 9.53 Å². The van der Waals surface area contributed by atoms with Crippen LogP contribution in [0.5, 0.6) is 0 Å². The molecule has 0 saturated heterocycles. The molecule has 1 radical (unpaired) electrons. The van der Waals surface area contributed by atoms with Gasteiger partial charge in [0.15, 0.2) is 5.78 Å². The van der Waals surface area contributed by atoms with Crippen molar-refractivity contribution in [2.45, 2.75) is 6.92 Å². The van der Waals surface area contributed by atoms with Crippen molar-refractivity contribution in [1.29, 1.82) is 0 Å². The van der Waals surface area contributed by atoms with Crippen molar-refractivity contribution in [1.82, 2.24) is 0 Å². The van der Waals surface area contributed by atoms with Crippen molar-refractivity contribution in [3.8, 4) is 0 Å². The molecular weight excluding hydrogens is 180 g/mol. The summed E-state index contributed by atoms with van der Waals surface area (Å²) >= 11 is 0. The normalized spacial score (nSPS) is 9.57. The molecule has 0 spiro atoms. The Hall–Kier alpha value is -1.64. The first-order chi connectivity index (χ1) is 6.65. The molecule has 73 valence electrons. The molecular formula is C11H11O3. The molecule has 3 heteroatoms. The lowest BCUT2D eigenvalue weighted by atomic mass is 10.0. The van der Waals surface area contributed by atoms with E-state index in [1.54, 1.807) is 12.1 Å². The predicted octanol–water partition coefficient (Wildman–Crippen LogP) is 1.56. The maximum absolute atomic E-state index is 11.5. The highest BCUT2D eigenvalue weighted by Crippen LogP contribution is 2.09. The van der Waals surface area contributed by atoms with Gasteiger partial charge in [0.2, 0.25) is 0 Å². The number of Topliss-reactive ketones (excluding diaryl/α,β-unsaturated/α-hetero) is 1. The summed E-state index contributed by atoms with van der Waals surface area (Å²) in [6.45, 7) is 1.82. The van der Waals surface area contributed by atoms with Gasteiger partial charge in [-0.1, -0.05) is 24.3 Å². The number of aryl methyl sites for hydroxylation is 1. The zero-order valence-electron chi connectivity index (χ0n) is 8.11. The molecule has 0 aliphatic heterocycles. The first kappa shape index (κ1) is 10.4. The lowest BCUT2D eigenvalue weighted by Gasteiger charge is -2.02. The van der Waals surface area contributed by atoms with Gasteiger partial charge in [-0.25, -0.2) is 0 Å². The van der Waals surface area contributed by atoms with Crippen molar-refractivity contribution in [3.05, 3.63) is 41.8 Å². The molecule has 1 rings (SSSR count). The van der Waals surface area contributed by atoms with Gasteiger partial charge < -0.3 is 4.74 Å². The fourth-order valence-corrected chi connectivity index (χ4v) is 1.09. The quantitative estimate of drug-likeness (QED) is 0.413. The van der Waals surface area contributed by atoms with E-state index in [0.717, 1.165) is 12.0 Å². The maximum Gasteiger partial charge on any atom is 0.317 e. The van der Waals surface area contributed by atoms with Gasteiger partial charge in [-0.05, 0) is 12.5 Å². The van der Waals surface area contributed by atoms with Gasteiger partial charge in [0, 0.05) is 5.56 Å². The van der Waals surface area contributed by atoms with Crippen LogP contribution >= 0.6 is 0 Å². The van der Waals surface area contributed by atoms with Crippen LogP contribution in [0.25, 0.3) is 0 Å². The molecule has 0 heterocycles. The summed E-state index contributed by atoms with van der Waals surface area (Å²) in [5, 5.41) is 0. The number of esters is 1. The Bertz CT molecular complexity index is 355. The number of ketones is 1. The summed E-state index contributed by atoms with van der Waals surface area (Å²) in [5.41, 5.74) is 1.37. The molecule has 3 nitrogen and oxygen atoms in total. The van der Waals surface area contributed by atoms with Crippen molar-refractivity contribution in [2.75, 3.05) is 7.11 Å². The lowest BCUT2D eigenvalue weighted by molar-refractivity contribution is -0.136. The summed E-state index contributed by atoms with van der Waals surface area (Å²) in [5.74, 6) is -0.951. The molecule has 0 amide bonds. The number of ether oxygens (including phenoxy) is 1. The first-order valence-corrected chi connectivity index (χ1v) is 4.18. The van der Waals surface area contributed by atoms with E-state index in [9.17, 15) is 9.59 Å². The zero-order valence-corrected chi connectivity index (χ0v) is 8.11. The van der Waals surface area contributed by atoms with E-state index in [2.05, 4.69) is 4.74 Å².